The fourth-order valence-corrected chi connectivity index (χ4v) is 1.26. The van der Waals surface area contributed by atoms with E-state index in [-0.39, 0.29) is 5.82 Å². The average Bonchev–Trinajstić information content (AvgIpc) is 2.41. The van der Waals surface area contributed by atoms with E-state index < -0.39 is 0 Å². The quantitative estimate of drug-likeness (QED) is 0.662. The summed E-state index contributed by atoms with van der Waals surface area (Å²) >= 11 is 0. The number of hydrogen-bond acceptors (Lipinski definition) is 5. The summed E-state index contributed by atoms with van der Waals surface area (Å²) in [5.41, 5.74) is 3.06. The summed E-state index contributed by atoms with van der Waals surface area (Å²) in [6.07, 6.45) is 2.73. The number of anilines is 1. The summed E-state index contributed by atoms with van der Waals surface area (Å²) in [5, 5.41) is 3.89. The van der Waals surface area contributed by atoms with Crippen LogP contribution >= 0.6 is 0 Å². The molecule has 0 atom stereocenters. The summed E-state index contributed by atoms with van der Waals surface area (Å²) < 4.78 is 18.2. The van der Waals surface area contributed by atoms with Crippen LogP contribution in [-0.2, 0) is 0 Å². The molecule has 18 heavy (non-hydrogen) atoms. The second kappa shape index (κ2) is 5.72. The Morgan fingerprint density at radius 2 is 2.17 bits per heavy atom. The lowest BCUT2D eigenvalue weighted by Gasteiger charge is -2.01. The number of nitrogens with zero attached hydrogens (tertiary/aromatic N) is 3. The standard InChI is InChI=1S/C12H11FN4O/c1-18-12-6-11(14-8-15-12)17-16-7-9-4-2-3-5-10(9)13/h2-8H,1H3,(H,14,15,17)/b16-7-. The number of nitrogens with one attached hydrogen (secondary N) is 1. The van der Waals surface area contributed by atoms with Gasteiger partial charge >= 0.3 is 0 Å². The monoisotopic (exact) mass is 246 g/mol. The Bertz CT molecular complexity index is 559. The molecule has 0 radical (unpaired) electrons. The van der Waals surface area contributed by atoms with E-state index >= 15 is 0 Å². The molecule has 0 fully saturated rings. The van der Waals surface area contributed by atoms with Crippen molar-refractivity contribution in [3.63, 3.8) is 0 Å². The van der Waals surface area contributed by atoms with Gasteiger partial charge in [0.15, 0.2) is 5.82 Å². The zero-order valence-corrected chi connectivity index (χ0v) is 9.67. The van der Waals surface area contributed by atoms with Gasteiger partial charge in [-0.2, -0.15) is 5.10 Å². The maximum atomic E-state index is 13.3. The molecule has 0 saturated carbocycles. The molecule has 0 spiro atoms. The van der Waals surface area contributed by atoms with Gasteiger partial charge in [-0.05, 0) is 6.07 Å². The smallest absolute Gasteiger partial charge is 0.218 e. The number of hydrogen-bond donors (Lipinski definition) is 1. The van der Waals surface area contributed by atoms with E-state index in [1.807, 2.05) is 0 Å². The van der Waals surface area contributed by atoms with Crippen LogP contribution in [0.2, 0.25) is 0 Å². The molecule has 1 N–H and O–H groups in total. The molecule has 0 unspecified atom stereocenters. The van der Waals surface area contributed by atoms with Crippen LogP contribution < -0.4 is 10.2 Å². The summed E-state index contributed by atoms with van der Waals surface area (Å²) in [4.78, 5) is 7.78. The van der Waals surface area contributed by atoms with Crippen molar-refractivity contribution in [1.29, 1.82) is 0 Å². The molecule has 6 heteroatoms. The predicted octanol–water partition coefficient (Wildman–Crippen LogP) is 2.07. The van der Waals surface area contributed by atoms with Crippen LogP contribution in [0.15, 0.2) is 41.8 Å². The van der Waals surface area contributed by atoms with Gasteiger partial charge in [-0.25, -0.2) is 14.4 Å². The van der Waals surface area contributed by atoms with E-state index in [2.05, 4.69) is 20.5 Å². The van der Waals surface area contributed by atoms with Gasteiger partial charge in [-0.1, -0.05) is 18.2 Å². The van der Waals surface area contributed by atoms with Gasteiger partial charge in [-0.15, -0.1) is 0 Å². The van der Waals surface area contributed by atoms with Crippen molar-refractivity contribution in [2.24, 2.45) is 5.10 Å². The average molecular weight is 246 g/mol. The van der Waals surface area contributed by atoms with Crippen LogP contribution in [0.3, 0.4) is 0 Å². The Hall–Kier alpha value is -2.50. The molecule has 1 aromatic carbocycles. The third-order valence-electron chi connectivity index (χ3n) is 2.14. The van der Waals surface area contributed by atoms with Gasteiger partial charge in [0, 0.05) is 11.6 Å². The molecular formula is C12H11FN4O. The molecule has 0 aliphatic rings. The molecule has 0 amide bonds. The van der Waals surface area contributed by atoms with Crippen molar-refractivity contribution in [2.75, 3.05) is 12.5 Å². The molecule has 92 valence electrons. The maximum absolute atomic E-state index is 13.3. The van der Waals surface area contributed by atoms with Crippen molar-refractivity contribution in [1.82, 2.24) is 9.97 Å². The topological polar surface area (TPSA) is 59.4 Å². The highest BCUT2D eigenvalue weighted by Crippen LogP contribution is 2.10. The molecule has 0 aliphatic heterocycles. The molecule has 2 rings (SSSR count). The third kappa shape index (κ3) is 3.00. The first-order chi connectivity index (χ1) is 8.79. The maximum Gasteiger partial charge on any atom is 0.218 e. The Labute approximate surface area is 103 Å². The zero-order valence-electron chi connectivity index (χ0n) is 9.67. The second-order valence-electron chi connectivity index (χ2n) is 3.34. The highest BCUT2D eigenvalue weighted by atomic mass is 19.1. The van der Waals surface area contributed by atoms with Gasteiger partial charge in [0.05, 0.1) is 13.3 Å². The number of aromatic nitrogens is 2. The van der Waals surface area contributed by atoms with Crippen LogP contribution in [0.5, 0.6) is 5.88 Å². The van der Waals surface area contributed by atoms with Crippen LogP contribution in [0.1, 0.15) is 5.56 Å². The lowest BCUT2D eigenvalue weighted by atomic mass is 10.2. The summed E-state index contributed by atoms with van der Waals surface area (Å²) in [6.45, 7) is 0. The van der Waals surface area contributed by atoms with Crippen molar-refractivity contribution in [2.45, 2.75) is 0 Å². The molecule has 1 aromatic heterocycles. The number of ether oxygens (including phenoxy) is 1. The van der Waals surface area contributed by atoms with Crippen LogP contribution in [0, 0.1) is 5.82 Å². The summed E-state index contributed by atoms with van der Waals surface area (Å²) in [5.74, 6) is 0.561. The normalized spacial score (nSPS) is 10.6. The van der Waals surface area contributed by atoms with Crippen molar-refractivity contribution >= 4 is 12.0 Å². The fourth-order valence-electron chi connectivity index (χ4n) is 1.26. The van der Waals surface area contributed by atoms with Crippen molar-refractivity contribution in [3.8, 4) is 5.88 Å². The minimum atomic E-state index is -0.330. The van der Waals surface area contributed by atoms with Gasteiger partial charge in [0.2, 0.25) is 5.88 Å². The Morgan fingerprint density at radius 1 is 1.33 bits per heavy atom. The molecule has 1 heterocycles. The van der Waals surface area contributed by atoms with Gasteiger partial charge in [0.1, 0.15) is 12.1 Å². The van der Waals surface area contributed by atoms with Crippen LogP contribution in [0.25, 0.3) is 0 Å². The first-order valence-corrected chi connectivity index (χ1v) is 5.19. The molecule has 5 nitrogen and oxygen atoms in total. The second-order valence-corrected chi connectivity index (χ2v) is 3.34. The Morgan fingerprint density at radius 3 is 2.94 bits per heavy atom. The molecule has 2 aromatic rings. The number of methoxy groups -OCH3 is 1. The third-order valence-corrected chi connectivity index (χ3v) is 2.14. The van der Waals surface area contributed by atoms with E-state index in [0.29, 0.717) is 17.3 Å². The Kier molecular flexibility index (Phi) is 3.80. The molecule has 0 saturated heterocycles. The minimum absolute atomic E-state index is 0.330. The van der Waals surface area contributed by atoms with Crippen molar-refractivity contribution in [3.05, 3.63) is 48.0 Å². The van der Waals surface area contributed by atoms with E-state index in [4.69, 9.17) is 4.74 Å². The number of hydrazone groups is 1. The largest absolute Gasteiger partial charge is 0.481 e. The van der Waals surface area contributed by atoms with E-state index in [1.54, 1.807) is 24.3 Å². The van der Waals surface area contributed by atoms with Gasteiger partial charge in [0.25, 0.3) is 0 Å². The minimum Gasteiger partial charge on any atom is -0.481 e. The van der Waals surface area contributed by atoms with E-state index in [0.717, 1.165) is 0 Å². The molecule has 0 bridgehead atoms. The summed E-state index contributed by atoms with van der Waals surface area (Å²) in [6, 6.07) is 7.93. The van der Waals surface area contributed by atoms with Crippen molar-refractivity contribution < 1.29 is 9.13 Å². The van der Waals surface area contributed by atoms with E-state index in [1.165, 1.54) is 25.7 Å². The SMILES string of the molecule is COc1cc(N/N=C\c2ccccc2F)ncn1. The lowest BCUT2D eigenvalue weighted by Crippen LogP contribution is -1.96. The molecule has 0 aliphatic carbocycles. The van der Waals surface area contributed by atoms with Gasteiger partial charge in [-0.3, -0.25) is 5.43 Å². The first kappa shape index (κ1) is 12.0. The highest BCUT2D eigenvalue weighted by molar-refractivity contribution is 5.80. The lowest BCUT2D eigenvalue weighted by molar-refractivity contribution is 0.397. The predicted molar refractivity (Wildman–Crippen MR) is 66.2 cm³/mol. The number of rotatable bonds is 4. The van der Waals surface area contributed by atoms with Crippen LogP contribution in [0.4, 0.5) is 10.2 Å². The Balaban J connectivity index is 2.05. The zero-order chi connectivity index (χ0) is 12.8. The highest BCUT2D eigenvalue weighted by Gasteiger charge is 1.97. The van der Waals surface area contributed by atoms with E-state index in [9.17, 15) is 4.39 Å². The van der Waals surface area contributed by atoms with Gasteiger partial charge < -0.3 is 4.74 Å². The van der Waals surface area contributed by atoms with Crippen LogP contribution in [-0.4, -0.2) is 23.3 Å². The number of halogens is 1. The first-order valence-electron chi connectivity index (χ1n) is 5.19. The summed E-state index contributed by atoms with van der Waals surface area (Å²) in [7, 11) is 1.51. The fraction of sp³-hybridized carbons (Fsp3) is 0.0833. The molecular weight excluding hydrogens is 235 g/mol. The number of benzene rings is 1.